The molecule has 0 atom stereocenters. The summed E-state index contributed by atoms with van der Waals surface area (Å²) < 4.78 is 0. The summed E-state index contributed by atoms with van der Waals surface area (Å²) in [5, 5.41) is 6.60. The average molecular weight is 295 g/mol. The maximum atomic E-state index is 11.9. The number of carbonyl (C=O) groups is 2. The number of amides is 2. The second kappa shape index (κ2) is 7.17. The summed E-state index contributed by atoms with van der Waals surface area (Å²) in [5.74, 6) is -0.459. The first-order valence-corrected chi connectivity index (χ1v) is 6.83. The van der Waals surface area contributed by atoms with Crippen LogP contribution < -0.4 is 10.7 Å². The van der Waals surface area contributed by atoms with Crippen molar-refractivity contribution in [3.63, 3.8) is 0 Å². The van der Waals surface area contributed by atoms with E-state index in [2.05, 4.69) is 15.8 Å². The third-order valence-electron chi connectivity index (χ3n) is 3.03. The van der Waals surface area contributed by atoms with Gasteiger partial charge in [0.2, 0.25) is 5.91 Å². The average Bonchev–Trinajstić information content (AvgIpc) is 2.49. The lowest BCUT2D eigenvalue weighted by Gasteiger charge is -2.04. The Labute approximate surface area is 129 Å². The highest BCUT2D eigenvalue weighted by Gasteiger charge is 2.04. The van der Waals surface area contributed by atoms with Gasteiger partial charge in [0, 0.05) is 18.2 Å². The molecule has 0 radical (unpaired) electrons. The number of nitrogens with one attached hydrogen (secondary N) is 2. The number of anilines is 1. The van der Waals surface area contributed by atoms with E-state index in [1.54, 1.807) is 30.5 Å². The van der Waals surface area contributed by atoms with Crippen LogP contribution >= 0.6 is 0 Å². The molecule has 22 heavy (non-hydrogen) atoms. The van der Waals surface area contributed by atoms with Gasteiger partial charge < -0.3 is 5.32 Å². The van der Waals surface area contributed by atoms with E-state index in [9.17, 15) is 9.59 Å². The Morgan fingerprint density at radius 2 is 1.73 bits per heavy atom. The van der Waals surface area contributed by atoms with Crippen LogP contribution in [0.4, 0.5) is 5.69 Å². The van der Waals surface area contributed by atoms with Crippen LogP contribution in [0.5, 0.6) is 0 Å². The van der Waals surface area contributed by atoms with E-state index in [1.807, 2.05) is 31.2 Å². The van der Waals surface area contributed by atoms with Crippen molar-refractivity contribution in [2.45, 2.75) is 13.8 Å². The normalized spacial score (nSPS) is 10.5. The van der Waals surface area contributed by atoms with Crippen molar-refractivity contribution < 1.29 is 9.59 Å². The molecule has 0 fully saturated rings. The van der Waals surface area contributed by atoms with Gasteiger partial charge in [-0.25, -0.2) is 5.43 Å². The molecule has 0 unspecified atom stereocenters. The molecule has 0 aliphatic heterocycles. The molecule has 0 bridgehead atoms. The molecule has 0 aromatic heterocycles. The van der Waals surface area contributed by atoms with Crippen LogP contribution in [0.1, 0.15) is 28.4 Å². The maximum absolute atomic E-state index is 11.9. The van der Waals surface area contributed by atoms with Gasteiger partial charge in [-0.2, -0.15) is 5.10 Å². The van der Waals surface area contributed by atoms with Crippen molar-refractivity contribution in [1.82, 2.24) is 5.43 Å². The molecule has 2 amide bonds. The smallest absolute Gasteiger partial charge is 0.271 e. The van der Waals surface area contributed by atoms with Crippen molar-refractivity contribution in [2.75, 3.05) is 5.32 Å². The monoisotopic (exact) mass is 295 g/mol. The van der Waals surface area contributed by atoms with E-state index < -0.39 is 0 Å². The first-order valence-electron chi connectivity index (χ1n) is 6.83. The number of rotatable bonds is 4. The Hall–Kier alpha value is -2.95. The standard InChI is InChI=1S/C17H17N3O2/c1-12-5-3-4-6-15(12)11-18-20-17(22)14-7-9-16(10-8-14)19-13(2)21/h3-11H,1-2H3,(H,19,21)(H,20,22). The molecule has 0 spiro atoms. The predicted octanol–water partition coefficient (Wildman–Crippen LogP) is 2.72. The van der Waals surface area contributed by atoms with Gasteiger partial charge >= 0.3 is 0 Å². The first kappa shape index (κ1) is 15.4. The van der Waals surface area contributed by atoms with Gasteiger partial charge in [0.05, 0.1) is 6.21 Å². The van der Waals surface area contributed by atoms with Crippen LogP contribution in [0.25, 0.3) is 0 Å². The molecule has 0 heterocycles. The lowest BCUT2D eigenvalue weighted by Crippen LogP contribution is -2.17. The van der Waals surface area contributed by atoms with Crippen molar-refractivity contribution in [3.8, 4) is 0 Å². The van der Waals surface area contributed by atoms with Crippen LogP contribution in [0.2, 0.25) is 0 Å². The summed E-state index contributed by atoms with van der Waals surface area (Å²) in [4.78, 5) is 22.9. The zero-order valence-corrected chi connectivity index (χ0v) is 12.5. The highest BCUT2D eigenvalue weighted by Crippen LogP contribution is 2.09. The van der Waals surface area contributed by atoms with E-state index in [-0.39, 0.29) is 11.8 Å². The summed E-state index contributed by atoms with van der Waals surface area (Å²) >= 11 is 0. The van der Waals surface area contributed by atoms with Crippen LogP contribution in [0.3, 0.4) is 0 Å². The van der Waals surface area contributed by atoms with Gasteiger partial charge in [-0.15, -0.1) is 0 Å². The quantitative estimate of drug-likeness (QED) is 0.672. The number of carbonyl (C=O) groups excluding carboxylic acids is 2. The van der Waals surface area contributed by atoms with Gasteiger partial charge in [0.15, 0.2) is 0 Å². The summed E-state index contributed by atoms with van der Waals surface area (Å²) in [5.41, 5.74) is 5.62. The third-order valence-corrected chi connectivity index (χ3v) is 3.03. The number of hydrogen-bond acceptors (Lipinski definition) is 3. The lowest BCUT2D eigenvalue weighted by molar-refractivity contribution is -0.114. The summed E-state index contributed by atoms with van der Waals surface area (Å²) in [6, 6.07) is 14.4. The van der Waals surface area contributed by atoms with Gasteiger partial charge in [-0.3, -0.25) is 9.59 Å². The highest BCUT2D eigenvalue weighted by atomic mass is 16.2. The van der Waals surface area contributed by atoms with Crippen molar-refractivity contribution in [2.24, 2.45) is 5.10 Å². The van der Waals surface area contributed by atoms with Gasteiger partial charge in [-0.1, -0.05) is 24.3 Å². The summed E-state index contributed by atoms with van der Waals surface area (Å²) in [6.07, 6.45) is 1.61. The third kappa shape index (κ3) is 4.28. The Bertz CT molecular complexity index is 706. The molecular formula is C17H17N3O2. The van der Waals surface area contributed by atoms with E-state index in [0.717, 1.165) is 11.1 Å². The molecular weight excluding hydrogens is 278 g/mol. The van der Waals surface area contributed by atoms with Crippen molar-refractivity contribution in [1.29, 1.82) is 0 Å². The fourth-order valence-electron chi connectivity index (χ4n) is 1.86. The van der Waals surface area contributed by atoms with Crippen LogP contribution in [-0.2, 0) is 4.79 Å². The minimum atomic E-state index is -0.306. The minimum Gasteiger partial charge on any atom is -0.326 e. The maximum Gasteiger partial charge on any atom is 0.271 e. The summed E-state index contributed by atoms with van der Waals surface area (Å²) in [7, 11) is 0. The fourth-order valence-corrected chi connectivity index (χ4v) is 1.86. The van der Waals surface area contributed by atoms with Gasteiger partial charge in [0.1, 0.15) is 0 Å². The van der Waals surface area contributed by atoms with E-state index in [4.69, 9.17) is 0 Å². The SMILES string of the molecule is CC(=O)Nc1ccc(C(=O)NN=Cc2ccccc2C)cc1. The van der Waals surface area contributed by atoms with Gasteiger partial charge in [0.25, 0.3) is 5.91 Å². The zero-order valence-electron chi connectivity index (χ0n) is 12.5. The predicted molar refractivity (Wildman–Crippen MR) is 87.0 cm³/mol. The minimum absolute atomic E-state index is 0.153. The Balaban J connectivity index is 1.97. The molecule has 0 aliphatic carbocycles. The number of nitrogens with zero attached hydrogens (tertiary/aromatic N) is 1. The van der Waals surface area contributed by atoms with Crippen molar-refractivity contribution in [3.05, 3.63) is 65.2 Å². The molecule has 2 rings (SSSR count). The molecule has 5 nitrogen and oxygen atoms in total. The van der Waals surface area contributed by atoms with E-state index >= 15 is 0 Å². The largest absolute Gasteiger partial charge is 0.326 e. The Morgan fingerprint density at radius 1 is 1.05 bits per heavy atom. The Morgan fingerprint density at radius 3 is 2.36 bits per heavy atom. The van der Waals surface area contributed by atoms with E-state index in [0.29, 0.717) is 11.3 Å². The number of benzene rings is 2. The van der Waals surface area contributed by atoms with Crippen molar-refractivity contribution >= 4 is 23.7 Å². The molecule has 0 aliphatic rings. The lowest BCUT2D eigenvalue weighted by atomic mass is 10.1. The molecule has 2 N–H and O–H groups in total. The molecule has 0 saturated heterocycles. The molecule has 2 aromatic rings. The second-order valence-electron chi connectivity index (χ2n) is 4.81. The van der Waals surface area contributed by atoms with Crippen LogP contribution in [0, 0.1) is 6.92 Å². The first-order chi connectivity index (χ1) is 10.6. The number of aryl methyl sites for hydroxylation is 1. The van der Waals surface area contributed by atoms with Crippen LogP contribution in [-0.4, -0.2) is 18.0 Å². The number of hydrogen-bond donors (Lipinski definition) is 2. The second-order valence-corrected chi connectivity index (χ2v) is 4.81. The van der Waals surface area contributed by atoms with Crippen LogP contribution in [0.15, 0.2) is 53.6 Å². The molecule has 5 heteroatoms. The Kier molecular flexibility index (Phi) is 5.03. The highest BCUT2D eigenvalue weighted by molar-refractivity contribution is 5.96. The zero-order chi connectivity index (χ0) is 15.9. The van der Waals surface area contributed by atoms with E-state index in [1.165, 1.54) is 6.92 Å². The number of hydrazone groups is 1. The topological polar surface area (TPSA) is 70.6 Å². The molecule has 2 aromatic carbocycles. The fraction of sp³-hybridized carbons (Fsp3) is 0.118. The molecule has 0 saturated carbocycles. The summed E-state index contributed by atoms with van der Waals surface area (Å²) in [6.45, 7) is 3.41. The van der Waals surface area contributed by atoms with Gasteiger partial charge in [-0.05, 0) is 42.3 Å². The molecule has 112 valence electrons.